The lowest BCUT2D eigenvalue weighted by atomic mass is 10.0. The molecule has 5 rings (SSSR count). The Hall–Kier alpha value is -2.62. The van der Waals surface area contributed by atoms with E-state index in [2.05, 4.69) is 58.6 Å². The lowest BCUT2D eigenvalue weighted by Gasteiger charge is -2.34. The van der Waals surface area contributed by atoms with Crippen molar-refractivity contribution in [1.82, 2.24) is 5.01 Å². The number of benzene rings is 3. The van der Waals surface area contributed by atoms with E-state index >= 15 is 0 Å². The Labute approximate surface area is 170 Å². The Balaban J connectivity index is 1.33. The lowest BCUT2D eigenvalue weighted by molar-refractivity contribution is -0.929. The highest BCUT2D eigenvalue weighted by molar-refractivity contribution is 6.33. The zero-order chi connectivity index (χ0) is 18.9. The molecule has 3 nitrogen and oxygen atoms in total. The summed E-state index contributed by atoms with van der Waals surface area (Å²) in [6, 6.07) is 26.0. The number of hydrogen-bond donors (Lipinski definition) is 1. The van der Waals surface area contributed by atoms with Gasteiger partial charge in [0.05, 0.1) is 32.4 Å². The highest BCUT2D eigenvalue weighted by Crippen LogP contribution is 2.41. The van der Waals surface area contributed by atoms with Gasteiger partial charge in [0.2, 0.25) is 0 Å². The molecule has 0 unspecified atom stereocenters. The van der Waals surface area contributed by atoms with Gasteiger partial charge in [0.25, 0.3) is 0 Å². The number of halogens is 1. The maximum absolute atomic E-state index is 6.23. The fraction of sp³-hybridized carbons (Fsp3) is 0.208. The maximum atomic E-state index is 6.23. The highest BCUT2D eigenvalue weighted by Gasteiger charge is 2.37. The number of rotatable bonds is 3. The number of hydrazone groups is 1. The summed E-state index contributed by atoms with van der Waals surface area (Å²) in [5, 5.41) is 7.59. The van der Waals surface area contributed by atoms with Gasteiger partial charge >= 0.3 is 0 Å². The Bertz CT molecular complexity index is 976. The van der Waals surface area contributed by atoms with Crippen LogP contribution < -0.4 is 4.90 Å². The van der Waals surface area contributed by atoms with Gasteiger partial charge in [-0.25, -0.2) is 0 Å². The normalized spacial score (nSPS) is 17.1. The first-order chi connectivity index (χ1) is 13.8. The first-order valence-corrected chi connectivity index (χ1v) is 10.3. The van der Waals surface area contributed by atoms with E-state index in [1.807, 2.05) is 30.5 Å². The summed E-state index contributed by atoms with van der Waals surface area (Å²) in [6.07, 6.45) is 1.88. The molecule has 1 fully saturated rings. The third-order valence-electron chi connectivity index (χ3n) is 5.89. The summed E-state index contributed by atoms with van der Waals surface area (Å²) >= 11 is 6.23. The quantitative estimate of drug-likeness (QED) is 0.679. The summed E-state index contributed by atoms with van der Waals surface area (Å²) in [4.78, 5) is 1.63. The molecule has 1 heterocycles. The Kier molecular flexibility index (Phi) is 4.63. The van der Waals surface area contributed by atoms with E-state index < -0.39 is 0 Å². The maximum Gasteiger partial charge on any atom is 0.140 e. The lowest BCUT2D eigenvalue weighted by Crippen LogP contribution is -3.14. The van der Waals surface area contributed by atoms with Crippen LogP contribution >= 0.6 is 11.6 Å². The molecular formula is C24H23ClN3+. The van der Waals surface area contributed by atoms with Crippen LogP contribution in [0, 0.1) is 0 Å². The fourth-order valence-corrected chi connectivity index (χ4v) is 4.69. The molecule has 0 amide bonds. The monoisotopic (exact) mass is 388 g/mol. The van der Waals surface area contributed by atoms with Crippen molar-refractivity contribution in [2.75, 3.05) is 26.2 Å². The largest absolute Gasteiger partial charge is 0.322 e. The van der Waals surface area contributed by atoms with Crippen LogP contribution in [0.5, 0.6) is 0 Å². The van der Waals surface area contributed by atoms with Crippen LogP contribution in [0.3, 0.4) is 0 Å². The van der Waals surface area contributed by atoms with Gasteiger partial charge in [-0.2, -0.15) is 5.10 Å². The second-order valence-corrected chi connectivity index (χ2v) is 7.89. The fourth-order valence-electron chi connectivity index (χ4n) is 4.51. The van der Waals surface area contributed by atoms with Crippen molar-refractivity contribution in [2.45, 2.75) is 6.04 Å². The van der Waals surface area contributed by atoms with E-state index in [9.17, 15) is 0 Å². The van der Waals surface area contributed by atoms with Gasteiger partial charge in [-0.1, -0.05) is 78.3 Å². The molecule has 0 saturated carbocycles. The number of nitrogens with one attached hydrogen (secondary N) is 1. The first-order valence-electron chi connectivity index (χ1n) is 9.87. The van der Waals surface area contributed by atoms with E-state index in [4.69, 9.17) is 11.6 Å². The number of hydrogen-bond acceptors (Lipinski definition) is 2. The second kappa shape index (κ2) is 7.42. The molecule has 1 N–H and O–H groups in total. The topological polar surface area (TPSA) is 20.0 Å². The van der Waals surface area contributed by atoms with Gasteiger partial charge in [0, 0.05) is 21.7 Å². The summed E-state index contributed by atoms with van der Waals surface area (Å²) in [6.45, 7) is 4.06. The number of quaternary nitrogens is 1. The molecule has 2 aliphatic rings. The summed E-state index contributed by atoms with van der Waals surface area (Å²) < 4.78 is 0. The molecule has 28 heavy (non-hydrogen) atoms. The van der Waals surface area contributed by atoms with Gasteiger partial charge < -0.3 is 4.90 Å². The third kappa shape index (κ3) is 3.11. The standard InChI is InChI=1S/C24H22ClN3/c25-23-12-6-1-7-18(23)17-26-28-15-13-27(14-16-28)24-21-10-4-2-8-19(21)20-9-3-5-11-22(20)24/h1-12,17,24H,13-16H2/p+1/b26-17-. The van der Waals surface area contributed by atoms with Crippen molar-refractivity contribution in [3.63, 3.8) is 0 Å². The molecule has 3 aromatic carbocycles. The Morgan fingerprint density at radius 3 is 2.04 bits per heavy atom. The molecule has 0 spiro atoms. The molecule has 4 heteroatoms. The summed E-state index contributed by atoms with van der Waals surface area (Å²) in [5.74, 6) is 0. The van der Waals surface area contributed by atoms with Crippen LogP contribution in [-0.4, -0.2) is 37.4 Å². The minimum Gasteiger partial charge on any atom is -0.322 e. The minimum absolute atomic E-state index is 0.432. The molecule has 140 valence electrons. The number of piperazine rings is 1. The van der Waals surface area contributed by atoms with Crippen molar-refractivity contribution in [1.29, 1.82) is 0 Å². The molecule has 0 radical (unpaired) electrons. The van der Waals surface area contributed by atoms with Crippen LogP contribution in [0.25, 0.3) is 11.1 Å². The van der Waals surface area contributed by atoms with Crippen molar-refractivity contribution in [2.24, 2.45) is 5.10 Å². The predicted molar refractivity (Wildman–Crippen MR) is 115 cm³/mol. The molecule has 1 aliphatic carbocycles. The average Bonchev–Trinajstić information content (AvgIpc) is 3.08. The minimum atomic E-state index is 0.432. The SMILES string of the molecule is Clc1ccccc1/C=N\N1CC[NH+](C2c3ccccc3-c3ccccc32)CC1. The predicted octanol–water partition coefficient (Wildman–Crippen LogP) is 3.64. The molecule has 3 aromatic rings. The van der Waals surface area contributed by atoms with Crippen molar-refractivity contribution < 1.29 is 4.90 Å². The van der Waals surface area contributed by atoms with E-state index in [1.54, 1.807) is 4.90 Å². The first kappa shape index (κ1) is 17.5. The van der Waals surface area contributed by atoms with Crippen molar-refractivity contribution in [3.05, 3.63) is 94.5 Å². The van der Waals surface area contributed by atoms with E-state index in [-0.39, 0.29) is 0 Å². The molecule has 0 atom stereocenters. The Morgan fingerprint density at radius 1 is 0.821 bits per heavy atom. The van der Waals surface area contributed by atoms with E-state index in [0.29, 0.717) is 6.04 Å². The van der Waals surface area contributed by atoms with Gasteiger partial charge in [-0.3, -0.25) is 5.01 Å². The molecule has 1 aliphatic heterocycles. The van der Waals surface area contributed by atoms with E-state index in [1.165, 1.54) is 22.3 Å². The number of fused-ring (bicyclic) bond motifs is 3. The molecular weight excluding hydrogens is 366 g/mol. The average molecular weight is 389 g/mol. The smallest absolute Gasteiger partial charge is 0.140 e. The van der Waals surface area contributed by atoms with Crippen LogP contribution in [0.2, 0.25) is 5.02 Å². The molecule has 0 aromatic heterocycles. The zero-order valence-corrected chi connectivity index (χ0v) is 16.4. The summed E-state index contributed by atoms with van der Waals surface area (Å²) in [7, 11) is 0. The van der Waals surface area contributed by atoms with Gasteiger partial charge in [0.1, 0.15) is 6.04 Å². The zero-order valence-electron chi connectivity index (χ0n) is 15.7. The number of nitrogens with zero attached hydrogens (tertiary/aromatic N) is 2. The van der Waals surface area contributed by atoms with Gasteiger partial charge in [0.15, 0.2) is 0 Å². The van der Waals surface area contributed by atoms with Crippen LogP contribution in [-0.2, 0) is 0 Å². The summed E-state index contributed by atoms with van der Waals surface area (Å²) in [5.41, 5.74) is 6.69. The van der Waals surface area contributed by atoms with Crippen LogP contribution in [0.1, 0.15) is 22.7 Å². The van der Waals surface area contributed by atoms with Crippen LogP contribution in [0.4, 0.5) is 0 Å². The van der Waals surface area contributed by atoms with Gasteiger partial charge in [-0.05, 0) is 17.2 Å². The van der Waals surface area contributed by atoms with Crippen LogP contribution in [0.15, 0.2) is 77.9 Å². The molecule has 0 bridgehead atoms. The Morgan fingerprint density at radius 2 is 1.39 bits per heavy atom. The van der Waals surface area contributed by atoms with Crippen molar-refractivity contribution >= 4 is 17.8 Å². The second-order valence-electron chi connectivity index (χ2n) is 7.49. The highest BCUT2D eigenvalue weighted by atomic mass is 35.5. The molecule has 1 saturated heterocycles. The third-order valence-corrected chi connectivity index (χ3v) is 6.23. The van der Waals surface area contributed by atoms with E-state index in [0.717, 1.165) is 36.8 Å². The van der Waals surface area contributed by atoms with Gasteiger partial charge in [-0.15, -0.1) is 0 Å². The van der Waals surface area contributed by atoms with Crippen molar-refractivity contribution in [3.8, 4) is 11.1 Å².